The summed E-state index contributed by atoms with van der Waals surface area (Å²) in [6.07, 6.45) is 6.08. The van der Waals surface area contributed by atoms with Crippen LogP contribution in [0.5, 0.6) is 0 Å². The summed E-state index contributed by atoms with van der Waals surface area (Å²) in [6.45, 7) is 4.99. The first-order chi connectivity index (χ1) is 8.65. The average Bonchev–Trinajstić information content (AvgIpc) is 2.36. The summed E-state index contributed by atoms with van der Waals surface area (Å²) >= 11 is 3.44. The summed E-state index contributed by atoms with van der Waals surface area (Å²) < 4.78 is 0.984. The second-order valence-electron chi connectivity index (χ2n) is 4.63. The zero-order valence-corrected chi connectivity index (χ0v) is 12.8. The molecule has 1 aromatic rings. The summed E-state index contributed by atoms with van der Waals surface area (Å²) in [7, 11) is 0. The first-order valence-corrected chi connectivity index (χ1v) is 7.48. The van der Waals surface area contributed by atoms with Crippen LogP contribution >= 0.6 is 15.9 Å². The van der Waals surface area contributed by atoms with Gasteiger partial charge in [-0.2, -0.15) is 0 Å². The molecule has 0 unspecified atom stereocenters. The lowest BCUT2D eigenvalue weighted by Crippen LogP contribution is -2.24. The van der Waals surface area contributed by atoms with Gasteiger partial charge in [-0.15, -0.1) is 0 Å². The number of rotatable bonds is 7. The molecule has 2 nitrogen and oxygen atoms in total. The number of halogens is 1. The van der Waals surface area contributed by atoms with E-state index in [1.54, 1.807) is 0 Å². The molecule has 0 radical (unpaired) electrons. The Labute approximate surface area is 118 Å². The van der Waals surface area contributed by atoms with Crippen molar-refractivity contribution >= 4 is 21.8 Å². The van der Waals surface area contributed by atoms with E-state index in [1.807, 2.05) is 25.1 Å². The van der Waals surface area contributed by atoms with Crippen molar-refractivity contribution in [2.75, 3.05) is 6.54 Å². The van der Waals surface area contributed by atoms with E-state index in [2.05, 4.69) is 28.2 Å². The molecule has 100 valence electrons. The fraction of sp³-hybridized carbons (Fsp3) is 0.533. The van der Waals surface area contributed by atoms with Crippen LogP contribution in [0.15, 0.2) is 22.7 Å². The molecule has 1 amide bonds. The van der Waals surface area contributed by atoms with Crippen LogP contribution in [0.25, 0.3) is 0 Å². The van der Waals surface area contributed by atoms with Crippen molar-refractivity contribution in [1.82, 2.24) is 5.32 Å². The summed E-state index contributed by atoms with van der Waals surface area (Å²) in [6, 6.07) is 5.70. The molecule has 0 aliphatic heterocycles. The van der Waals surface area contributed by atoms with E-state index in [0.29, 0.717) is 0 Å². The maximum absolute atomic E-state index is 11.9. The Balaban J connectivity index is 2.30. The molecule has 0 saturated carbocycles. The molecular weight excluding hydrogens is 290 g/mol. The van der Waals surface area contributed by atoms with Gasteiger partial charge in [0.05, 0.1) is 0 Å². The first-order valence-electron chi connectivity index (χ1n) is 6.69. The molecule has 0 aliphatic rings. The van der Waals surface area contributed by atoms with E-state index in [1.165, 1.54) is 25.7 Å². The average molecular weight is 312 g/mol. The number of carbonyl (C=O) groups is 1. The molecule has 0 saturated heterocycles. The molecule has 0 spiro atoms. The van der Waals surface area contributed by atoms with Crippen LogP contribution in [-0.4, -0.2) is 12.5 Å². The molecule has 0 aliphatic carbocycles. The molecular formula is C15H22BrNO. The van der Waals surface area contributed by atoms with E-state index >= 15 is 0 Å². The van der Waals surface area contributed by atoms with E-state index in [9.17, 15) is 4.79 Å². The molecule has 1 N–H and O–H groups in total. The molecule has 0 bridgehead atoms. The maximum atomic E-state index is 11.9. The van der Waals surface area contributed by atoms with Gasteiger partial charge in [-0.3, -0.25) is 4.79 Å². The Bertz CT molecular complexity index is 390. The monoisotopic (exact) mass is 311 g/mol. The highest BCUT2D eigenvalue weighted by atomic mass is 79.9. The highest BCUT2D eigenvalue weighted by molar-refractivity contribution is 9.10. The summed E-state index contributed by atoms with van der Waals surface area (Å²) in [5.74, 6) is 0.0196. The Kier molecular flexibility index (Phi) is 7.02. The van der Waals surface area contributed by atoms with Crippen LogP contribution in [-0.2, 0) is 0 Å². The largest absolute Gasteiger partial charge is 0.352 e. The van der Waals surface area contributed by atoms with Crippen LogP contribution in [0.2, 0.25) is 0 Å². The van der Waals surface area contributed by atoms with Gasteiger partial charge < -0.3 is 5.32 Å². The Morgan fingerprint density at radius 3 is 2.61 bits per heavy atom. The Morgan fingerprint density at radius 2 is 1.94 bits per heavy atom. The van der Waals surface area contributed by atoms with Crippen LogP contribution in [0.3, 0.4) is 0 Å². The second-order valence-corrected chi connectivity index (χ2v) is 5.49. The topological polar surface area (TPSA) is 29.1 Å². The minimum absolute atomic E-state index is 0.0196. The van der Waals surface area contributed by atoms with Gasteiger partial charge in [-0.05, 0) is 31.0 Å². The predicted octanol–water partition coefficient (Wildman–Crippen LogP) is 4.46. The molecule has 0 fully saturated rings. The van der Waals surface area contributed by atoms with Crippen molar-refractivity contribution in [3.63, 3.8) is 0 Å². The van der Waals surface area contributed by atoms with Crippen molar-refractivity contribution in [1.29, 1.82) is 0 Å². The van der Waals surface area contributed by atoms with Gasteiger partial charge >= 0.3 is 0 Å². The van der Waals surface area contributed by atoms with E-state index < -0.39 is 0 Å². The Hall–Kier alpha value is -0.830. The van der Waals surface area contributed by atoms with Gasteiger partial charge in [0.25, 0.3) is 5.91 Å². The number of unbranched alkanes of at least 4 members (excludes halogenated alkanes) is 4. The van der Waals surface area contributed by atoms with E-state index in [0.717, 1.165) is 28.6 Å². The minimum Gasteiger partial charge on any atom is -0.352 e. The fourth-order valence-electron chi connectivity index (χ4n) is 1.77. The Morgan fingerprint density at radius 1 is 1.22 bits per heavy atom. The zero-order chi connectivity index (χ0) is 13.4. The molecule has 0 aromatic heterocycles. The normalized spacial score (nSPS) is 10.4. The molecule has 1 rings (SSSR count). The maximum Gasteiger partial charge on any atom is 0.251 e. The van der Waals surface area contributed by atoms with E-state index in [-0.39, 0.29) is 5.91 Å². The van der Waals surface area contributed by atoms with Crippen LogP contribution in [0.1, 0.15) is 54.9 Å². The number of hydrogen-bond acceptors (Lipinski definition) is 1. The van der Waals surface area contributed by atoms with Gasteiger partial charge in [0.15, 0.2) is 0 Å². The SMILES string of the molecule is CCCCCCCNC(=O)c1ccc(C)c(Br)c1. The first kappa shape index (κ1) is 15.2. The molecule has 18 heavy (non-hydrogen) atoms. The third-order valence-corrected chi connectivity index (χ3v) is 3.85. The summed E-state index contributed by atoms with van der Waals surface area (Å²) in [5.41, 5.74) is 1.87. The van der Waals surface area contributed by atoms with E-state index in [4.69, 9.17) is 0 Å². The predicted molar refractivity (Wildman–Crippen MR) is 80.0 cm³/mol. The summed E-state index contributed by atoms with van der Waals surface area (Å²) in [4.78, 5) is 11.9. The third-order valence-electron chi connectivity index (χ3n) is 3.00. The van der Waals surface area contributed by atoms with Crippen molar-refractivity contribution in [3.05, 3.63) is 33.8 Å². The highest BCUT2D eigenvalue weighted by Crippen LogP contribution is 2.17. The molecule has 0 heterocycles. The second kappa shape index (κ2) is 8.30. The lowest BCUT2D eigenvalue weighted by molar-refractivity contribution is 0.0953. The molecule has 3 heteroatoms. The van der Waals surface area contributed by atoms with Crippen molar-refractivity contribution in [2.24, 2.45) is 0 Å². The van der Waals surface area contributed by atoms with Gasteiger partial charge in [0, 0.05) is 16.6 Å². The van der Waals surface area contributed by atoms with Crippen LogP contribution in [0.4, 0.5) is 0 Å². The zero-order valence-electron chi connectivity index (χ0n) is 11.3. The number of amides is 1. The van der Waals surface area contributed by atoms with Gasteiger partial charge in [0.2, 0.25) is 0 Å². The summed E-state index contributed by atoms with van der Waals surface area (Å²) in [5, 5.41) is 2.96. The highest BCUT2D eigenvalue weighted by Gasteiger charge is 2.06. The van der Waals surface area contributed by atoms with Crippen LogP contribution < -0.4 is 5.32 Å². The smallest absolute Gasteiger partial charge is 0.251 e. The molecule has 1 aromatic carbocycles. The number of benzene rings is 1. The number of carbonyl (C=O) groups excluding carboxylic acids is 1. The molecule has 0 atom stereocenters. The van der Waals surface area contributed by atoms with Gasteiger partial charge in [0.1, 0.15) is 0 Å². The quantitative estimate of drug-likeness (QED) is 0.740. The lowest BCUT2D eigenvalue weighted by Gasteiger charge is -2.06. The van der Waals surface area contributed by atoms with Gasteiger partial charge in [-0.1, -0.05) is 54.6 Å². The van der Waals surface area contributed by atoms with Crippen molar-refractivity contribution in [3.8, 4) is 0 Å². The fourth-order valence-corrected chi connectivity index (χ4v) is 2.15. The standard InChI is InChI=1S/C15H22BrNO/c1-3-4-5-6-7-10-17-15(18)13-9-8-12(2)14(16)11-13/h8-9,11H,3-7,10H2,1-2H3,(H,17,18). The third kappa shape index (κ3) is 5.21. The van der Waals surface area contributed by atoms with Crippen LogP contribution in [0, 0.1) is 6.92 Å². The van der Waals surface area contributed by atoms with Crippen molar-refractivity contribution < 1.29 is 4.79 Å². The van der Waals surface area contributed by atoms with Gasteiger partial charge in [-0.25, -0.2) is 0 Å². The number of aryl methyl sites for hydroxylation is 1. The number of hydrogen-bond donors (Lipinski definition) is 1. The van der Waals surface area contributed by atoms with Crippen molar-refractivity contribution in [2.45, 2.75) is 46.0 Å². The number of nitrogens with one attached hydrogen (secondary N) is 1. The lowest BCUT2D eigenvalue weighted by atomic mass is 10.1. The minimum atomic E-state index is 0.0196.